The highest BCUT2D eigenvalue weighted by molar-refractivity contribution is 5.80. The van der Waals surface area contributed by atoms with Crippen LogP contribution in [0, 0.1) is 11.3 Å². The molecule has 1 aromatic carbocycles. The number of ketones is 1. The van der Waals surface area contributed by atoms with Crippen molar-refractivity contribution in [2.24, 2.45) is 0 Å². The van der Waals surface area contributed by atoms with Gasteiger partial charge in [0.2, 0.25) is 0 Å². The van der Waals surface area contributed by atoms with E-state index in [9.17, 15) is 15.2 Å². The monoisotopic (exact) mass is 215 g/mol. The van der Waals surface area contributed by atoms with Crippen LogP contribution in [0.2, 0.25) is 0 Å². The summed E-state index contributed by atoms with van der Waals surface area (Å²) in [7, 11) is 0. The normalized spacial score (nSPS) is 19.1. The maximum atomic E-state index is 11.2. The minimum absolute atomic E-state index is 0.170. The molecule has 0 radical (unpaired) electrons. The number of phenols is 1. The highest BCUT2D eigenvalue weighted by Crippen LogP contribution is 2.38. The van der Waals surface area contributed by atoms with E-state index in [0.29, 0.717) is 25.7 Å². The van der Waals surface area contributed by atoms with Crippen molar-refractivity contribution in [3.05, 3.63) is 29.8 Å². The zero-order chi connectivity index (χ0) is 11.6. The average Bonchev–Trinajstić information content (AvgIpc) is 2.31. The number of hydrogen-bond acceptors (Lipinski definition) is 3. The van der Waals surface area contributed by atoms with E-state index in [1.54, 1.807) is 18.2 Å². The molecule has 0 bridgehead atoms. The van der Waals surface area contributed by atoms with Crippen LogP contribution in [-0.4, -0.2) is 10.9 Å². The molecular weight excluding hydrogens is 202 g/mol. The van der Waals surface area contributed by atoms with Crippen LogP contribution >= 0.6 is 0 Å². The Labute approximate surface area is 94.3 Å². The molecule has 16 heavy (non-hydrogen) atoms. The summed E-state index contributed by atoms with van der Waals surface area (Å²) >= 11 is 0. The molecule has 1 saturated carbocycles. The van der Waals surface area contributed by atoms with E-state index in [0.717, 1.165) is 5.56 Å². The van der Waals surface area contributed by atoms with Crippen LogP contribution in [0.4, 0.5) is 0 Å². The molecule has 0 heterocycles. The Balaban J connectivity index is 2.36. The van der Waals surface area contributed by atoms with Gasteiger partial charge in [-0.1, -0.05) is 12.1 Å². The van der Waals surface area contributed by atoms with Crippen molar-refractivity contribution in [2.75, 3.05) is 0 Å². The number of rotatable bonds is 1. The largest absolute Gasteiger partial charge is 0.508 e. The smallest absolute Gasteiger partial charge is 0.133 e. The van der Waals surface area contributed by atoms with E-state index >= 15 is 0 Å². The van der Waals surface area contributed by atoms with Crippen molar-refractivity contribution in [1.29, 1.82) is 5.26 Å². The highest BCUT2D eigenvalue weighted by atomic mass is 16.3. The number of carbonyl (C=O) groups excluding carboxylic acids is 1. The van der Waals surface area contributed by atoms with Crippen molar-refractivity contribution in [1.82, 2.24) is 0 Å². The zero-order valence-corrected chi connectivity index (χ0v) is 8.94. The van der Waals surface area contributed by atoms with Crippen LogP contribution < -0.4 is 0 Å². The van der Waals surface area contributed by atoms with Gasteiger partial charge in [-0.3, -0.25) is 4.79 Å². The Kier molecular flexibility index (Phi) is 2.66. The average molecular weight is 215 g/mol. The first-order valence-electron chi connectivity index (χ1n) is 5.39. The van der Waals surface area contributed by atoms with Gasteiger partial charge in [-0.05, 0) is 30.5 Å². The molecule has 3 heteroatoms. The fourth-order valence-electron chi connectivity index (χ4n) is 2.22. The van der Waals surface area contributed by atoms with E-state index in [-0.39, 0.29) is 11.5 Å². The summed E-state index contributed by atoms with van der Waals surface area (Å²) in [5.41, 5.74) is 0.231. The standard InChI is InChI=1S/C13H13NO2/c14-9-13(6-4-11(15)5-7-13)10-2-1-3-12(16)8-10/h1-3,8,16H,4-7H2. The van der Waals surface area contributed by atoms with Crippen molar-refractivity contribution in [3.63, 3.8) is 0 Å². The molecule has 82 valence electrons. The van der Waals surface area contributed by atoms with Gasteiger partial charge in [0.15, 0.2) is 0 Å². The Morgan fingerprint density at radius 1 is 1.31 bits per heavy atom. The fourth-order valence-corrected chi connectivity index (χ4v) is 2.22. The summed E-state index contributed by atoms with van der Waals surface area (Å²) in [6, 6.07) is 9.11. The van der Waals surface area contributed by atoms with E-state index in [1.165, 1.54) is 0 Å². The summed E-state index contributed by atoms with van der Waals surface area (Å²) in [6.45, 7) is 0. The lowest BCUT2D eigenvalue weighted by Gasteiger charge is -2.30. The SMILES string of the molecule is N#CC1(c2cccc(O)c2)CCC(=O)CC1. The van der Waals surface area contributed by atoms with Gasteiger partial charge < -0.3 is 5.11 Å². The third kappa shape index (κ3) is 1.79. The molecule has 1 aromatic rings. The number of carbonyl (C=O) groups is 1. The van der Waals surface area contributed by atoms with Crippen LogP contribution in [0.15, 0.2) is 24.3 Å². The number of phenolic OH excluding ortho intramolecular Hbond substituents is 1. The van der Waals surface area contributed by atoms with Crippen molar-refractivity contribution in [3.8, 4) is 11.8 Å². The van der Waals surface area contributed by atoms with Gasteiger partial charge in [-0.15, -0.1) is 0 Å². The van der Waals surface area contributed by atoms with Crippen molar-refractivity contribution < 1.29 is 9.90 Å². The number of nitrogens with zero attached hydrogens (tertiary/aromatic N) is 1. The fraction of sp³-hybridized carbons (Fsp3) is 0.385. The lowest BCUT2D eigenvalue weighted by molar-refractivity contribution is -0.120. The van der Waals surface area contributed by atoms with Gasteiger partial charge in [0.05, 0.1) is 11.5 Å². The Morgan fingerprint density at radius 3 is 2.56 bits per heavy atom. The van der Waals surface area contributed by atoms with Gasteiger partial charge in [-0.2, -0.15) is 5.26 Å². The van der Waals surface area contributed by atoms with Crippen LogP contribution in [0.3, 0.4) is 0 Å². The second-order valence-corrected chi connectivity index (χ2v) is 4.28. The number of aromatic hydroxyl groups is 1. The molecule has 3 nitrogen and oxygen atoms in total. The summed E-state index contributed by atoms with van der Waals surface area (Å²) in [5, 5.41) is 18.8. The number of benzene rings is 1. The first kappa shape index (κ1) is 10.7. The summed E-state index contributed by atoms with van der Waals surface area (Å²) < 4.78 is 0. The maximum absolute atomic E-state index is 11.2. The van der Waals surface area contributed by atoms with E-state index in [4.69, 9.17) is 0 Å². The molecule has 0 spiro atoms. The molecule has 2 rings (SSSR count). The maximum Gasteiger partial charge on any atom is 0.133 e. The second kappa shape index (κ2) is 3.97. The minimum atomic E-state index is -0.591. The van der Waals surface area contributed by atoms with Crippen LogP contribution in [0.5, 0.6) is 5.75 Å². The summed E-state index contributed by atoms with van der Waals surface area (Å²) in [6.07, 6.45) is 2.05. The van der Waals surface area contributed by atoms with Gasteiger partial charge in [0.1, 0.15) is 11.5 Å². The molecule has 1 aliphatic rings. The third-order valence-electron chi connectivity index (χ3n) is 3.27. The van der Waals surface area contributed by atoms with Gasteiger partial charge in [0, 0.05) is 12.8 Å². The van der Waals surface area contributed by atoms with Gasteiger partial charge in [0.25, 0.3) is 0 Å². The van der Waals surface area contributed by atoms with Crippen LogP contribution in [0.1, 0.15) is 31.2 Å². The Hall–Kier alpha value is -1.82. The predicted molar refractivity (Wildman–Crippen MR) is 58.9 cm³/mol. The number of nitriles is 1. The van der Waals surface area contributed by atoms with Crippen molar-refractivity contribution in [2.45, 2.75) is 31.1 Å². The molecule has 1 aliphatic carbocycles. The van der Waals surface area contributed by atoms with Gasteiger partial charge >= 0.3 is 0 Å². The quantitative estimate of drug-likeness (QED) is 0.781. The van der Waals surface area contributed by atoms with E-state index in [1.807, 2.05) is 6.07 Å². The number of Topliss-reactive ketones (excluding diaryl/α,β-unsaturated/α-hetero) is 1. The second-order valence-electron chi connectivity index (χ2n) is 4.28. The highest BCUT2D eigenvalue weighted by Gasteiger charge is 2.36. The third-order valence-corrected chi connectivity index (χ3v) is 3.27. The summed E-state index contributed by atoms with van der Waals surface area (Å²) in [4.78, 5) is 11.2. The van der Waals surface area contributed by atoms with E-state index < -0.39 is 5.41 Å². The molecule has 1 N–H and O–H groups in total. The van der Waals surface area contributed by atoms with Crippen LogP contribution in [0.25, 0.3) is 0 Å². The predicted octanol–water partition coefficient (Wildman–Crippen LogP) is 2.30. The van der Waals surface area contributed by atoms with E-state index in [2.05, 4.69) is 6.07 Å². The molecule has 0 aliphatic heterocycles. The molecule has 0 atom stereocenters. The zero-order valence-electron chi connectivity index (χ0n) is 8.94. The molecule has 1 fully saturated rings. The Bertz CT molecular complexity index is 449. The van der Waals surface area contributed by atoms with Crippen LogP contribution in [-0.2, 0) is 10.2 Å². The van der Waals surface area contributed by atoms with Gasteiger partial charge in [-0.25, -0.2) is 0 Å². The lowest BCUT2D eigenvalue weighted by atomic mass is 9.70. The molecular formula is C13H13NO2. The Morgan fingerprint density at radius 2 is 2.00 bits per heavy atom. The first-order valence-corrected chi connectivity index (χ1v) is 5.39. The minimum Gasteiger partial charge on any atom is -0.508 e. The van der Waals surface area contributed by atoms with Crippen molar-refractivity contribution >= 4 is 5.78 Å². The first-order chi connectivity index (χ1) is 7.66. The lowest BCUT2D eigenvalue weighted by Crippen LogP contribution is -2.30. The molecule has 0 aromatic heterocycles. The molecule has 0 saturated heterocycles. The topological polar surface area (TPSA) is 61.1 Å². The summed E-state index contributed by atoms with van der Waals surface area (Å²) in [5.74, 6) is 0.398. The molecule has 0 amide bonds. The molecule has 0 unspecified atom stereocenters. The number of hydrogen-bond donors (Lipinski definition) is 1.